The molecule has 2 rings (SSSR count). The molecular weight excluding hydrogens is 360 g/mol. The van der Waals surface area contributed by atoms with Crippen molar-refractivity contribution in [2.24, 2.45) is 5.92 Å². The predicted molar refractivity (Wildman–Crippen MR) is 92.7 cm³/mol. The lowest BCUT2D eigenvalue weighted by atomic mass is 9.98. The van der Waals surface area contributed by atoms with Crippen molar-refractivity contribution in [3.8, 4) is 5.88 Å². The van der Waals surface area contributed by atoms with Gasteiger partial charge in [0.1, 0.15) is 5.60 Å². The molecule has 6 heteroatoms. The number of nitrogens with zero attached hydrogens (tertiary/aromatic N) is 2. The maximum Gasteiger partial charge on any atom is 0.410 e. The number of piperidine rings is 1. The van der Waals surface area contributed by atoms with E-state index in [9.17, 15) is 4.79 Å². The van der Waals surface area contributed by atoms with Crippen LogP contribution in [0.3, 0.4) is 0 Å². The number of aromatic nitrogens is 1. The Morgan fingerprint density at radius 1 is 1.39 bits per heavy atom. The molecule has 0 aromatic carbocycles. The van der Waals surface area contributed by atoms with Gasteiger partial charge in [-0.15, -0.1) is 0 Å². The SMILES string of the molecule is Cc1cc(Br)cnc1OCC1CCN(C(=O)OC(C)(C)C)CC1. The Morgan fingerprint density at radius 3 is 2.61 bits per heavy atom. The number of ether oxygens (including phenoxy) is 2. The van der Waals surface area contributed by atoms with E-state index in [-0.39, 0.29) is 6.09 Å². The third kappa shape index (κ3) is 5.68. The van der Waals surface area contributed by atoms with E-state index in [1.54, 1.807) is 11.1 Å². The third-order valence-electron chi connectivity index (χ3n) is 3.72. The van der Waals surface area contributed by atoms with Gasteiger partial charge in [0.25, 0.3) is 0 Å². The summed E-state index contributed by atoms with van der Waals surface area (Å²) in [5, 5.41) is 0. The highest BCUT2D eigenvalue weighted by molar-refractivity contribution is 9.10. The predicted octanol–water partition coefficient (Wildman–Crippen LogP) is 4.18. The Labute approximate surface area is 146 Å². The average molecular weight is 385 g/mol. The van der Waals surface area contributed by atoms with Gasteiger partial charge < -0.3 is 14.4 Å². The first-order chi connectivity index (χ1) is 10.7. The molecule has 5 nitrogen and oxygen atoms in total. The van der Waals surface area contributed by atoms with Crippen molar-refractivity contribution < 1.29 is 14.3 Å². The first-order valence-electron chi connectivity index (χ1n) is 7.97. The highest BCUT2D eigenvalue weighted by Gasteiger charge is 2.27. The molecule has 0 unspecified atom stereocenters. The van der Waals surface area contributed by atoms with Crippen molar-refractivity contribution in [3.05, 3.63) is 22.3 Å². The number of rotatable bonds is 3. The number of carbonyl (C=O) groups excluding carboxylic acids is 1. The fraction of sp³-hybridized carbons (Fsp3) is 0.647. The van der Waals surface area contributed by atoms with Gasteiger partial charge >= 0.3 is 6.09 Å². The molecule has 0 saturated carbocycles. The topological polar surface area (TPSA) is 51.7 Å². The number of halogens is 1. The van der Waals surface area contributed by atoms with Gasteiger partial charge in [0.15, 0.2) is 0 Å². The molecule has 1 aliphatic heterocycles. The maximum atomic E-state index is 12.0. The Bertz CT molecular complexity index is 549. The van der Waals surface area contributed by atoms with Crippen LogP contribution >= 0.6 is 15.9 Å². The number of carbonyl (C=O) groups is 1. The average Bonchev–Trinajstić information content (AvgIpc) is 2.45. The summed E-state index contributed by atoms with van der Waals surface area (Å²) in [6.45, 7) is 9.72. The van der Waals surface area contributed by atoms with E-state index in [2.05, 4.69) is 20.9 Å². The van der Waals surface area contributed by atoms with Crippen LogP contribution in [0.1, 0.15) is 39.2 Å². The zero-order valence-corrected chi connectivity index (χ0v) is 15.9. The second-order valence-electron chi connectivity index (χ2n) is 7.00. The molecule has 0 bridgehead atoms. The van der Waals surface area contributed by atoms with Crippen LogP contribution < -0.4 is 4.74 Å². The first kappa shape index (κ1) is 18.0. The van der Waals surface area contributed by atoms with Gasteiger partial charge in [-0.2, -0.15) is 0 Å². The van der Waals surface area contributed by atoms with E-state index in [1.807, 2.05) is 33.8 Å². The molecule has 1 aliphatic rings. The summed E-state index contributed by atoms with van der Waals surface area (Å²) in [4.78, 5) is 18.1. The fourth-order valence-electron chi connectivity index (χ4n) is 2.48. The highest BCUT2D eigenvalue weighted by Crippen LogP contribution is 2.23. The molecule has 0 spiro atoms. The smallest absolute Gasteiger partial charge is 0.410 e. The van der Waals surface area contributed by atoms with Crippen molar-refractivity contribution in [1.29, 1.82) is 0 Å². The molecule has 128 valence electrons. The van der Waals surface area contributed by atoms with Crippen molar-refractivity contribution in [2.75, 3.05) is 19.7 Å². The molecule has 1 amide bonds. The number of pyridine rings is 1. The minimum Gasteiger partial charge on any atom is -0.477 e. The molecule has 2 heterocycles. The molecule has 1 aromatic heterocycles. The largest absolute Gasteiger partial charge is 0.477 e. The summed E-state index contributed by atoms with van der Waals surface area (Å²) in [5.74, 6) is 1.13. The Morgan fingerprint density at radius 2 is 2.04 bits per heavy atom. The minimum absolute atomic E-state index is 0.220. The van der Waals surface area contributed by atoms with Crippen LogP contribution in [0, 0.1) is 12.8 Å². The van der Waals surface area contributed by atoms with Crippen LogP contribution in [0.15, 0.2) is 16.7 Å². The van der Waals surface area contributed by atoms with Crippen molar-refractivity contribution in [3.63, 3.8) is 0 Å². The monoisotopic (exact) mass is 384 g/mol. The summed E-state index contributed by atoms with van der Waals surface area (Å²) >= 11 is 3.40. The second-order valence-corrected chi connectivity index (χ2v) is 7.91. The molecule has 1 aromatic rings. The van der Waals surface area contributed by atoms with Crippen LogP contribution in [-0.4, -0.2) is 41.3 Å². The Kier molecular flexibility index (Phi) is 5.89. The van der Waals surface area contributed by atoms with Crippen molar-refractivity contribution >= 4 is 22.0 Å². The van der Waals surface area contributed by atoms with Gasteiger partial charge in [0, 0.05) is 29.3 Å². The Balaban J connectivity index is 1.77. The molecule has 23 heavy (non-hydrogen) atoms. The number of hydrogen-bond donors (Lipinski definition) is 0. The van der Waals surface area contributed by atoms with E-state index in [4.69, 9.17) is 9.47 Å². The lowest BCUT2D eigenvalue weighted by Crippen LogP contribution is -2.42. The minimum atomic E-state index is -0.443. The van der Waals surface area contributed by atoms with E-state index < -0.39 is 5.60 Å². The molecule has 0 atom stereocenters. The second kappa shape index (κ2) is 7.51. The van der Waals surface area contributed by atoms with Crippen LogP contribution in [0.2, 0.25) is 0 Å². The summed E-state index contributed by atoms with van der Waals surface area (Å²) in [6.07, 6.45) is 3.37. The number of likely N-dealkylation sites (tertiary alicyclic amines) is 1. The molecule has 0 aliphatic carbocycles. The van der Waals surface area contributed by atoms with Crippen molar-refractivity contribution in [2.45, 2.75) is 46.1 Å². The number of hydrogen-bond acceptors (Lipinski definition) is 4. The Hall–Kier alpha value is -1.30. The lowest BCUT2D eigenvalue weighted by molar-refractivity contribution is 0.0164. The van der Waals surface area contributed by atoms with Crippen LogP contribution in [0.4, 0.5) is 4.79 Å². The van der Waals surface area contributed by atoms with Crippen LogP contribution in [0.25, 0.3) is 0 Å². The molecular formula is C17H25BrN2O3. The summed E-state index contributed by atoms with van der Waals surface area (Å²) in [7, 11) is 0. The van der Waals surface area contributed by atoms with E-state index in [0.29, 0.717) is 18.4 Å². The van der Waals surface area contributed by atoms with Gasteiger partial charge in [-0.25, -0.2) is 9.78 Å². The quantitative estimate of drug-likeness (QED) is 0.784. The van der Waals surface area contributed by atoms with Gasteiger partial charge in [-0.05, 0) is 68.5 Å². The third-order valence-corrected chi connectivity index (χ3v) is 4.15. The normalized spacial score (nSPS) is 16.3. The lowest BCUT2D eigenvalue weighted by Gasteiger charge is -2.33. The molecule has 0 N–H and O–H groups in total. The summed E-state index contributed by atoms with van der Waals surface area (Å²) < 4.78 is 12.2. The van der Waals surface area contributed by atoms with E-state index in [1.165, 1.54) is 0 Å². The zero-order valence-electron chi connectivity index (χ0n) is 14.3. The maximum absolute atomic E-state index is 12.0. The van der Waals surface area contributed by atoms with Crippen LogP contribution in [-0.2, 0) is 4.74 Å². The molecule has 0 radical (unpaired) electrons. The van der Waals surface area contributed by atoms with Gasteiger partial charge in [0.05, 0.1) is 6.61 Å². The van der Waals surface area contributed by atoms with Gasteiger partial charge in [-0.3, -0.25) is 0 Å². The number of amides is 1. The molecule has 1 saturated heterocycles. The van der Waals surface area contributed by atoms with Crippen molar-refractivity contribution in [1.82, 2.24) is 9.88 Å². The summed E-state index contributed by atoms with van der Waals surface area (Å²) in [6, 6.07) is 1.99. The molecule has 1 fully saturated rings. The number of aryl methyl sites for hydroxylation is 1. The fourth-order valence-corrected chi connectivity index (χ4v) is 2.93. The zero-order chi connectivity index (χ0) is 17.0. The van der Waals surface area contributed by atoms with E-state index in [0.717, 1.165) is 36.0 Å². The summed E-state index contributed by atoms with van der Waals surface area (Å²) in [5.41, 5.74) is 0.576. The van der Waals surface area contributed by atoms with Crippen LogP contribution in [0.5, 0.6) is 5.88 Å². The van der Waals surface area contributed by atoms with E-state index >= 15 is 0 Å². The first-order valence-corrected chi connectivity index (χ1v) is 8.77. The van der Waals surface area contributed by atoms with Gasteiger partial charge in [0.2, 0.25) is 5.88 Å². The van der Waals surface area contributed by atoms with Gasteiger partial charge in [-0.1, -0.05) is 0 Å². The highest BCUT2D eigenvalue weighted by atomic mass is 79.9. The standard InChI is InChI=1S/C17H25BrN2O3/c1-12-9-14(18)10-19-15(12)22-11-13-5-7-20(8-6-13)16(21)23-17(2,3)4/h9-10,13H,5-8,11H2,1-4H3.